The van der Waals surface area contributed by atoms with Crippen LogP contribution in [0.1, 0.15) is 25.6 Å². The van der Waals surface area contributed by atoms with Gasteiger partial charge in [-0.15, -0.1) is 0 Å². The van der Waals surface area contributed by atoms with Crippen molar-refractivity contribution in [2.75, 3.05) is 0 Å². The zero-order valence-corrected chi connectivity index (χ0v) is 9.13. The normalized spacial score (nSPS) is 12.2. The van der Waals surface area contributed by atoms with Gasteiger partial charge in [0.2, 0.25) is 5.91 Å². The van der Waals surface area contributed by atoms with Crippen LogP contribution >= 0.6 is 15.9 Å². The molecule has 1 unspecified atom stereocenters. The van der Waals surface area contributed by atoms with Gasteiger partial charge in [0.15, 0.2) is 0 Å². The predicted molar refractivity (Wildman–Crippen MR) is 54.2 cm³/mol. The number of aromatic nitrogens is 1. The second-order valence-electron chi connectivity index (χ2n) is 2.82. The minimum absolute atomic E-state index is 0.0365. The van der Waals surface area contributed by atoms with E-state index >= 15 is 0 Å². The van der Waals surface area contributed by atoms with Crippen molar-refractivity contribution in [3.05, 3.63) is 28.5 Å². The van der Waals surface area contributed by atoms with E-state index < -0.39 is 0 Å². The third-order valence-electron chi connectivity index (χ3n) is 1.61. The first-order chi connectivity index (χ1) is 6.09. The number of hydrogen-bond donors (Lipinski definition) is 1. The number of carbonyl (C=O) groups is 1. The van der Waals surface area contributed by atoms with Gasteiger partial charge in [-0.05, 0) is 35.0 Å². The number of amides is 1. The standard InChI is InChI=1S/C9H11BrN2O/c1-6(12-7(2)13)9-4-3-8(10)5-11-9/h3-6H,1-2H3,(H,12,13). The predicted octanol–water partition coefficient (Wildman–Crippen LogP) is 2.04. The van der Waals surface area contributed by atoms with Crippen LogP contribution in [0.2, 0.25) is 0 Å². The van der Waals surface area contributed by atoms with Crippen LogP contribution in [0.15, 0.2) is 22.8 Å². The van der Waals surface area contributed by atoms with E-state index in [0.29, 0.717) is 0 Å². The van der Waals surface area contributed by atoms with E-state index in [1.807, 2.05) is 19.1 Å². The number of halogens is 1. The Bertz CT molecular complexity index is 297. The van der Waals surface area contributed by atoms with Crippen molar-refractivity contribution >= 4 is 21.8 Å². The summed E-state index contributed by atoms with van der Waals surface area (Å²) in [5, 5.41) is 2.76. The molecular weight excluding hydrogens is 232 g/mol. The zero-order chi connectivity index (χ0) is 9.84. The van der Waals surface area contributed by atoms with Crippen molar-refractivity contribution in [2.24, 2.45) is 0 Å². The van der Waals surface area contributed by atoms with Gasteiger partial charge in [0.05, 0.1) is 11.7 Å². The van der Waals surface area contributed by atoms with E-state index in [1.54, 1.807) is 6.20 Å². The van der Waals surface area contributed by atoms with Gasteiger partial charge in [0, 0.05) is 17.6 Å². The Labute approximate surface area is 85.7 Å². The summed E-state index contributed by atoms with van der Waals surface area (Å²) in [5.41, 5.74) is 0.860. The molecule has 1 atom stereocenters. The van der Waals surface area contributed by atoms with Crippen LogP contribution in [0.3, 0.4) is 0 Å². The molecular formula is C9H11BrN2O. The summed E-state index contributed by atoms with van der Waals surface area (Å²) >= 11 is 3.30. The number of carbonyl (C=O) groups excluding carboxylic acids is 1. The summed E-state index contributed by atoms with van der Waals surface area (Å²) in [6.07, 6.45) is 1.72. The van der Waals surface area contributed by atoms with Crippen molar-refractivity contribution in [2.45, 2.75) is 19.9 Å². The SMILES string of the molecule is CC(=O)NC(C)c1ccc(Br)cn1. The Morgan fingerprint density at radius 1 is 1.62 bits per heavy atom. The summed E-state index contributed by atoms with van der Waals surface area (Å²) in [5.74, 6) is -0.0442. The van der Waals surface area contributed by atoms with Crippen LogP contribution in [0, 0.1) is 0 Å². The lowest BCUT2D eigenvalue weighted by molar-refractivity contribution is -0.119. The molecule has 1 N–H and O–H groups in total. The fraction of sp³-hybridized carbons (Fsp3) is 0.333. The van der Waals surface area contributed by atoms with Gasteiger partial charge in [-0.3, -0.25) is 9.78 Å². The Hall–Kier alpha value is -0.900. The van der Waals surface area contributed by atoms with Crippen LogP contribution in [0.5, 0.6) is 0 Å². The smallest absolute Gasteiger partial charge is 0.217 e. The maximum absolute atomic E-state index is 10.7. The molecule has 1 rings (SSSR count). The highest BCUT2D eigenvalue weighted by molar-refractivity contribution is 9.10. The molecule has 0 saturated heterocycles. The van der Waals surface area contributed by atoms with Crippen molar-refractivity contribution in [1.82, 2.24) is 10.3 Å². The lowest BCUT2D eigenvalue weighted by atomic mass is 10.2. The topological polar surface area (TPSA) is 42.0 Å². The molecule has 0 bridgehead atoms. The third-order valence-corrected chi connectivity index (χ3v) is 2.08. The van der Waals surface area contributed by atoms with Crippen LogP contribution < -0.4 is 5.32 Å². The van der Waals surface area contributed by atoms with Gasteiger partial charge < -0.3 is 5.32 Å². The van der Waals surface area contributed by atoms with E-state index in [9.17, 15) is 4.79 Å². The molecule has 0 aromatic carbocycles. The highest BCUT2D eigenvalue weighted by Gasteiger charge is 2.06. The van der Waals surface area contributed by atoms with Crippen molar-refractivity contribution < 1.29 is 4.79 Å². The minimum Gasteiger partial charge on any atom is -0.348 e. The molecule has 1 aromatic rings. The van der Waals surface area contributed by atoms with E-state index in [0.717, 1.165) is 10.2 Å². The Balaban J connectivity index is 2.71. The van der Waals surface area contributed by atoms with Crippen molar-refractivity contribution in [3.63, 3.8) is 0 Å². The summed E-state index contributed by atoms with van der Waals surface area (Å²) in [6, 6.07) is 3.75. The summed E-state index contributed by atoms with van der Waals surface area (Å²) in [6.45, 7) is 3.40. The van der Waals surface area contributed by atoms with E-state index in [-0.39, 0.29) is 11.9 Å². The molecule has 1 aromatic heterocycles. The molecule has 0 aliphatic carbocycles. The summed E-state index contributed by atoms with van der Waals surface area (Å²) in [7, 11) is 0. The average Bonchev–Trinajstić information content (AvgIpc) is 2.04. The third kappa shape index (κ3) is 3.14. The Kier molecular flexibility index (Phi) is 3.42. The second-order valence-corrected chi connectivity index (χ2v) is 3.74. The maximum atomic E-state index is 10.7. The molecule has 0 saturated carbocycles. The largest absolute Gasteiger partial charge is 0.348 e. The highest BCUT2D eigenvalue weighted by atomic mass is 79.9. The van der Waals surface area contributed by atoms with E-state index in [4.69, 9.17) is 0 Å². The van der Waals surface area contributed by atoms with Gasteiger partial charge in [-0.1, -0.05) is 0 Å². The molecule has 0 radical (unpaired) electrons. The van der Waals surface area contributed by atoms with E-state index in [2.05, 4.69) is 26.2 Å². The van der Waals surface area contributed by atoms with Crippen molar-refractivity contribution in [1.29, 1.82) is 0 Å². The number of nitrogens with one attached hydrogen (secondary N) is 1. The van der Waals surface area contributed by atoms with Gasteiger partial charge in [0.1, 0.15) is 0 Å². The second kappa shape index (κ2) is 4.37. The lowest BCUT2D eigenvalue weighted by Gasteiger charge is -2.11. The number of hydrogen-bond acceptors (Lipinski definition) is 2. The van der Waals surface area contributed by atoms with Crippen LogP contribution in [0.25, 0.3) is 0 Å². The molecule has 3 nitrogen and oxygen atoms in total. The van der Waals surface area contributed by atoms with Gasteiger partial charge in [-0.25, -0.2) is 0 Å². The zero-order valence-electron chi connectivity index (χ0n) is 7.54. The highest BCUT2D eigenvalue weighted by Crippen LogP contribution is 2.12. The number of pyridine rings is 1. The summed E-state index contributed by atoms with van der Waals surface area (Å²) < 4.78 is 0.936. The van der Waals surface area contributed by atoms with E-state index in [1.165, 1.54) is 6.92 Å². The first-order valence-electron chi connectivity index (χ1n) is 3.98. The van der Waals surface area contributed by atoms with Crippen LogP contribution in [-0.4, -0.2) is 10.9 Å². The molecule has 0 aliphatic rings. The van der Waals surface area contributed by atoms with Crippen molar-refractivity contribution in [3.8, 4) is 0 Å². The molecule has 4 heteroatoms. The number of rotatable bonds is 2. The molecule has 1 heterocycles. The van der Waals surface area contributed by atoms with Crippen LogP contribution in [0.4, 0.5) is 0 Å². The molecule has 1 amide bonds. The fourth-order valence-corrected chi connectivity index (χ4v) is 1.26. The summed E-state index contributed by atoms with van der Waals surface area (Å²) in [4.78, 5) is 14.9. The van der Waals surface area contributed by atoms with Crippen LogP contribution in [-0.2, 0) is 4.79 Å². The molecule has 0 fully saturated rings. The quantitative estimate of drug-likeness (QED) is 0.863. The van der Waals surface area contributed by atoms with Gasteiger partial charge >= 0.3 is 0 Å². The molecule has 70 valence electrons. The molecule has 13 heavy (non-hydrogen) atoms. The lowest BCUT2D eigenvalue weighted by Crippen LogP contribution is -2.24. The Morgan fingerprint density at radius 3 is 2.77 bits per heavy atom. The monoisotopic (exact) mass is 242 g/mol. The molecule has 0 spiro atoms. The molecule has 0 aliphatic heterocycles. The van der Waals surface area contributed by atoms with Gasteiger partial charge in [0.25, 0.3) is 0 Å². The Morgan fingerprint density at radius 2 is 2.31 bits per heavy atom. The first-order valence-corrected chi connectivity index (χ1v) is 4.77. The van der Waals surface area contributed by atoms with Gasteiger partial charge in [-0.2, -0.15) is 0 Å². The average molecular weight is 243 g/mol. The maximum Gasteiger partial charge on any atom is 0.217 e. The number of nitrogens with zero attached hydrogens (tertiary/aromatic N) is 1. The minimum atomic E-state index is -0.0442. The first kappa shape index (κ1) is 10.2. The fourth-order valence-electron chi connectivity index (χ4n) is 1.02.